The number of esters is 2. The monoisotopic (exact) mass is 424 g/mol. The molecule has 2 aromatic rings. The van der Waals surface area contributed by atoms with Crippen LogP contribution in [0.4, 0.5) is 0 Å². The average molecular weight is 425 g/mol. The number of ether oxygens (including phenoxy) is 1. The van der Waals surface area contributed by atoms with Crippen molar-refractivity contribution in [1.82, 2.24) is 0 Å². The van der Waals surface area contributed by atoms with Gasteiger partial charge in [0.05, 0.1) is 6.42 Å². The zero-order valence-corrected chi connectivity index (χ0v) is 17.8. The molecule has 0 spiro atoms. The fourth-order valence-corrected chi connectivity index (χ4v) is 3.16. The van der Waals surface area contributed by atoms with Crippen LogP contribution in [-0.2, 0) is 14.3 Å². The highest BCUT2D eigenvalue weighted by Gasteiger charge is 2.30. The van der Waals surface area contributed by atoms with Gasteiger partial charge in [0.15, 0.2) is 6.10 Å². The van der Waals surface area contributed by atoms with Gasteiger partial charge >= 0.3 is 11.9 Å². The summed E-state index contributed by atoms with van der Waals surface area (Å²) >= 11 is 0. The molecule has 5 nitrogen and oxygen atoms in total. The van der Waals surface area contributed by atoms with Gasteiger partial charge in [0.1, 0.15) is 0 Å². The number of carbonyl (C=O) groups is 2. The maximum absolute atomic E-state index is 10.1. The van der Waals surface area contributed by atoms with Crippen LogP contribution in [0.5, 0.6) is 0 Å². The highest BCUT2D eigenvalue weighted by Crippen LogP contribution is 2.23. The van der Waals surface area contributed by atoms with Gasteiger partial charge in [0.2, 0.25) is 0 Å². The number of rotatable bonds is 2. The van der Waals surface area contributed by atoms with Crippen LogP contribution in [0.1, 0.15) is 56.1 Å². The molecule has 0 amide bonds. The van der Waals surface area contributed by atoms with Gasteiger partial charge in [-0.2, -0.15) is 0 Å². The van der Waals surface area contributed by atoms with Crippen molar-refractivity contribution >= 4 is 24.1 Å². The van der Waals surface area contributed by atoms with E-state index < -0.39 is 18.0 Å². The van der Waals surface area contributed by atoms with Crippen molar-refractivity contribution in [3.8, 4) is 0 Å². The van der Waals surface area contributed by atoms with Gasteiger partial charge < -0.3 is 15.3 Å². The zero-order chi connectivity index (χ0) is 21.6. The quantitative estimate of drug-likeness (QED) is 0.427. The lowest BCUT2D eigenvalue weighted by molar-refractivity contribution is -0.154. The van der Waals surface area contributed by atoms with Gasteiger partial charge in [-0.1, -0.05) is 97.8 Å². The molecule has 0 bridgehead atoms. The molecule has 2 fully saturated rings. The van der Waals surface area contributed by atoms with Crippen LogP contribution in [0.2, 0.25) is 0 Å². The summed E-state index contributed by atoms with van der Waals surface area (Å²) in [7, 11) is 0. The molecule has 1 unspecified atom stereocenters. The van der Waals surface area contributed by atoms with Gasteiger partial charge in [-0.3, -0.25) is 4.79 Å². The van der Waals surface area contributed by atoms with Gasteiger partial charge in [-0.25, -0.2) is 4.79 Å². The summed E-state index contributed by atoms with van der Waals surface area (Å²) in [5, 5.41) is 8.47. The lowest BCUT2D eigenvalue weighted by atomic mass is 10.0. The summed E-state index contributed by atoms with van der Waals surface area (Å²) in [6, 6.07) is 20.7. The second kappa shape index (κ2) is 14.9. The Bertz CT molecular complexity index is 817. The number of cyclic esters (lactones) is 2. The van der Waals surface area contributed by atoms with Crippen molar-refractivity contribution in [2.45, 2.75) is 51.0 Å². The molecule has 5 heteroatoms. The van der Waals surface area contributed by atoms with E-state index in [1.807, 2.05) is 36.4 Å². The summed E-state index contributed by atoms with van der Waals surface area (Å²) in [6.07, 6.45) is 11.0. The summed E-state index contributed by atoms with van der Waals surface area (Å²) in [5.74, 6) is -1.49. The van der Waals surface area contributed by atoms with Crippen LogP contribution in [0.3, 0.4) is 0 Å². The van der Waals surface area contributed by atoms with E-state index >= 15 is 0 Å². The first kappa shape index (κ1) is 26.0. The normalized spacial score (nSPS) is 17.5. The third-order valence-electron chi connectivity index (χ3n) is 4.80. The van der Waals surface area contributed by atoms with E-state index in [-0.39, 0.29) is 11.9 Å². The molecule has 166 valence electrons. The maximum Gasteiger partial charge on any atom is 0.343 e. The molecule has 3 N–H and O–H groups in total. The molecule has 2 aliphatic rings. The fraction of sp³-hybridized carbons (Fsp3) is 0.308. The molecule has 1 saturated carbocycles. The van der Waals surface area contributed by atoms with Crippen LogP contribution in [-0.4, -0.2) is 28.6 Å². The Balaban J connectivity index is 0.000000245. The predicted molar refractivity (Wildman–Crippen MR) is 124 cm³/mol. The number of carbonyl (C=O) groups excluding carboxylic acids is 2. The molecule has 1 heterocycles. The first-order chi connectivity index (χ1) is 14.6. The minimum Gasteiger partial charge on any atom is -0.412 e. The van der Waals surface area contributed by atoms with E-state index in [0.717, 1.165) is 0 Å². The Morgan fingerprint density at radius 3 is 1.71 bits per heavy atom. The van der Waals surface area contributed by atoms with Crippen LogP contribution >= 0.6 is 0 Å². The summed E-state index contributed by atoms with van der Waals surface area (Å²) in [5.41, 5.74) is 4.19. The van der Waals surface area contributed by atoms with E-state index in [1.165, 1.54) is 49.7 Å². The van der Waals surface area contributed by atoms with E-state index in [2.05, 4.69) is 47.7 Å². The van der Waals surface area contributed by atoms with Crippen LogP contribution in [0.15, 0.2) is 72.8 Å². The van der Waals surface area contributed by atoms with E-state index in [9.17, 15) is 9.59 Å². The van der Waals surface area contributed by atoms with Crippen LogP contribution < -0.4 is 0 Å². The molecule has 1 saturated heterocycles. The van der Waals surface area contributed by atoms with Gasteiger partial charge in [0.25, 0.3) is 0 Å². The van der Waals surface area contributed by atoms with Crippen molar-refractivity contribution in [2.24, 2.45) is 0 Å². The highest BCUT2D eigenvalue weighted by molar-refractivity contribution is 5.95. The Hall–Kier alpha value is -3.02. The first-order valence-corrected chi connectivity index (χ1v) is 10.4. The van der Waals surface area contributed by atoms with Crippen molar-refractivity contribution in [2.75, 3.05) is 0 Å². The second-order valence-electron chi connectivity index (χ2n) is 7.26. The molecule has 2 aromatic carbocycles. The van der Waals surface area contributed by atoms with Crippen LogP contribution in [0, 0.1) is 0 Å². The summed E-state index contributed by atoms with van der Waals surface area (Å²) in [6.45, 7) is 3.63. The van der Waals surface area contributed by atoms with Gasteiger partial charge in [-0.05, 0) is 36.8 Å². The van der Waals surface area contributed by atoms with E-state index in [1.54, 1.807) is 5.57 Å². The topological polar surface area (TPSA) is 95.1 Å². The van der Waals surface area contributed by atoms with Crippen molar-refractivity contribution in [3.05, 3.63) is 83.9 Å². The first-order valence-electron chi connectivity index (χ1n) is 10.4. The molecule has 1 aliphatic carbocycles. The number of allylic oxidation sites excluding steroid dienone is 1. The van der Waals surface area contributed by atoms with E-state index in [0.29, 0.717) is 0 Å². The smallest absolute Gasteiger partial charge is 0.343 e. The molecule has 0 aromatic heterocycles. The SMILES string of the molecule is C(=C1CCCCCC1)c1ccccc1.C=Cc1ccccc1.O.O=C1CC(O)C(=O)O1. The van der Waals surface area contributed by atoms with Gasteiger partial charge in [0, 0.05) is 0 Å². The number of benzene rings is 2. The Kier molecular flexibility index (Phi) is 12.5. The number of aliphatic hydroxyl groups excluding tert-OH is 1. The van der Waals surface area contributed by atoms with Crippen molar-refractivity contribution in [1.29, 1.82) is 0 Å². The minimum absolute atomic E-state index is 0. The molecule has 1 aliphatic heterocycles. The highest BCUT2D eigenvalue weighted by atomic mass is 16.6. The predicted octanol–water partition coefficient (Wildman–Crippen LogP) is 4.75. The third-order valence-corrected chi connectivity index (χ3v) is 4.80. The lowest BCUT2D eigenvalue weighted by Crippen LogP contribution is -2.11. The molecular weight excluding hydrogens is 392 g/mol. The van der Waals surface area contributed by atoms with Gasteiger partial charge in [-0.15, -0.1) is 0 Å². The zero-order valence-electron chi connectivity index (χ0n) is 17.8. The Morgan fingerprint density at radius 1 is 0.839 bits per heavy atom. The maximum atomic E-state index is 10.1. The number of hydrogen-bond donors (Lipinski definition) is 1. The average Bonchev–Trinajstić information content (AvgIpc) is 2.94. The summed E-state index contributed by atoms with van der Waals surface area (Å²) in [4.78, 5) is 20.2. The van der Waals surface area contributed by atoms with Crippen molar-refractivity contribution < 1.29 is 24.9 Å². The molecular formula is C26H32O5. The molecule has 1 atom stereocenters. The number of hydrogen-bond acceptors (Lipinski definition) is 4. The van der Waals surface area contributed by atoms with Crippen LogP contribution in [0.25, 0.3) is 12.2 Å². The largest absolute Gasteiger partial charge is 0.412 e. The molecule has 31 heavy (non-hydrogen) atoms. The fourth-order valence-electron chi connectivity index (χ4n) is 3.16. The standard InChI is InChI=1S/C14H18.C8H8.C4H4O4.H2O/c1-2-5-9-13(8-4-1)12-14-10-6-3-7-11-14;1-2-8-6-4-3-5-7-8;5-2-1-3(6)8-4(2)7;/h3,6-7,10-12H,1-2,4-5,8-9H2;2-7H,1H2;2,5H,1H2;1H2. The van der Waals surface area contributed by atoms with Crippen molar-refractivity contribution in [3.63, 3.8) is 0 Å². The number of aliphatic hydroxyl groups is 1. The second-order valence-corrected chi connectivity index (χ2v) is 7.26. The molecule has 0 radical (unpaired) electrons. The Labute approximate surface area is 184 Å². The van der Waals surface area contributed by atoms with E-state index in [4.69, 9.17) is 5.11 Å². The third kappa shape index (κ3) is 10.5. The molecule has 4 rings (SSSR count). The summed E-state index contributed by atoms with van der Waals surface area (Å²) < 4.78 is 3.95. The lowest BCUT2D eigenvalue weighted by Gasteiger charge is -2.02. The minimum atomic E-state index is -1.22. The Morgan fingerprint density at radius 2 is 1.35 bits per heavy atom.